The van der Waals surface area contributed by atoms with Crippen LogP contribution in [0, 0.1) is 0 Å². The van der Waals surface area contributed by atoms with E-state index in [2.05, 4.69) is 19.3 Å². The molecule has 0 fully saturated rings. The number of hydrogen-bond acceptors (Lipinski definition) is 7. The van der Waals surface area contributed by atoms with E-state index in [9.17, 15) is 0 Å². The highest BCUT2D eigenvalue weighted by atomic mass is 32.2. The Balaban J connectivity index is 1.99. The van der Waals surface area contributed by atoms with Crippen molar-refractivity contribution in [2.24, 2.45) is 19.3 Å². The van der Waals surface area contributed by atoms with Crippen molar-refractivity contribution in [1.29, 1.82) is 0 Å². The van der Waals surface area contributed by atoms with Gasteiger partial charge < -0.3 is 4.74 Å². The Hall–Kier alpha value is -0.140. The quantitative estimate of drug-likeness (QED) is 0.701. The molecule has 0 saturated carbocycles. The predicted octanol–water partition coefficient (Wildman–Crippen LogP) is 3.44. The zero-order valence-electron chi connectivity index (χ0n) is 9.17. The average Bonchev–Trinajstić information content (AvgIpc) is 2.58. The fourth-order valence-electron chi connectivity index (χ4n) is 1.19. The van der Waals surface area contributed by atoms with Crippen molar-refractivity contribution in [3.8, 4) is 0 Å². The highest BCUT2D eigenvalue weighted by Gasteiger charge is 2.44. The van der Waals surface area contributed by atoms with Gasteiger partial charge in [-0.15, -0.1) is 9.04 Å². The molecule has 0 N–H and O–H groups in total. The van der Waals surface area contributed by atoms with Crippen LogP contribution >= 0.6 is 23.9 Å². The van der Waals surface area contributed by atoms with Crippen LogP contribution in [0.2, 0.25) is 0 Å². The first-order valence-electron chi connectivity index (χ1n) is 4.73. The summed E-state index contributed by atoms with van der Waals surface area (Å²) in [7, 11) is 0. The van der Waals surface area contributed by atoms with E-state index in [0.717, 1.165) is 0 Å². The van der Waals surface area contributed by atoms with E-state index in [4.69, 9.17) is 4.74 Å². The predicted molar refractivity (Wildman–Crippen MR) is 61.7 cm³/mol. The molecule has 0 spiro atoms. The molecular weight excluding hydrogens is 232 g/mol. The normalized spacial score (nSPS) is 36.3. The summed E-state index contributed by atoms with van der Waals surface area (Å²) in [4.78, 5) is 0. The molecule has 2 atom stereocenters. The zero-order chi connectivity index (χ0) is 11.1. The molecule has 2 unspecified atom stereocenters. The third-order valence-corrected chi connectivity index (χ3v) is 4.39. The molecule has 0 aliphatic carbocycles. The standard InChI is InChI=1S/C8H14N4OS2/c1-7(2)5(14-11-9-7)13-6-8(3,4)10-12-15-6/h5-6H,1-4H3. The van der Waals surface area contributed by atoms with Crippen LogP contribution in [0.25, 0.3) is 0 Å². The van der Waals surface area contributed by atoms with Crippen LogP contribution in [0.3, 0.4) is 0 Å². The van der Waals surface area contributed by atoms with Crippen molar-refractivity contribution < 1.29 is 4.74 Å². The molecule has 0 aromatic carbocycles. The lowest BCUT2D eigenvalue weighted by atomic mass is 10.1. The highest BCUT2D eigenvalue weighted by molar-refractivity contribution is 7.99. The van der Waals surface area contributed by atoms with Crippen LogP contribution in [-0.2, 0) is 4.74 Å². The summed E-state index contributed by atoms with van der Waals surface area (Å²) in [6.45, 7) is 8.06. The SMILES string of the molecule is CC1(C)N=NSC1OC1SN=NC1(C)C. The van der Waals surface area contributed by atoms with Gasteiger partial charge in [-0.3, -0.25) is 0 Å². The Morgan fingerprint density at radius 1 is 0.867 bits per heavy atom. The summed E-state index contributed by atoms with van der Waals surface area (Å²) in [5.41, 5.74) is -0.608. The average molecular weight is 246 g/mol. The molecule has 0 saturated heterocycles. The molecule has 0 aromatic rings. The molecule has 2 heterocycles. The summed E-state index contributed by atoms with van der Waals surface area (Å²) < 4.78 is 13.9. The largest absolute Gasteiger partial charge is 0.345 e. The van der Waals surface area contributed by atoms with Gasteiger partial charge in [-0.05, 0) is 27.7 Å². The van der Waals surface area contributed by atoms with Crippen LogP contribution in [-0.4, -0.2) is 21.9 Å². The molecule has 15 heavy (non-hydrogen) atoms. The second-order valence-corrected chi connectivity index (χ2v) is 6.29. The van der Waals surface area contributed by atoms with Gasteiger partial charge >= 0.3 is 0 Å². The Bertz CT molecular complexity index is 286. The first-order chi connectivity index (χ1) is 6.92. The molecule has 0 aromatic heterocycles. The third-order valence-electron chi connectivity index (χ3n) is 2.28. The van der Waals surface area contributed by atoms with E-state index in [0.29, 0.717) is 0 Å². The van der Waals surface area contributed by atoms with Gasteiger partial charge in [0.2, 0.25) is 0 Å². The molecule has 2 rings (SSSR count). The Kier molecular flexibility index (Phi) is 2.81. The minimum absolute atomic E-state index is 0.0437. The lowest BCUT2D eigenvalue weighted by molar-refractivity contribution is 0.0288. The smallest absolute Gasteiger partial charge is 0.154 e. The van der Waals surface area contributed by atoms with Gasteiger partial charge in [-0.1, -0.05) is 0 Å². The van der Waals surface area contributed by atoms with Crippen molar-refractivity contribution in [3.63, 3.8) is 0 Å². The highest BCUT2D eigenvalue weighted by Crippen LogP contribution is 2.43. The summed E-state index contributed by atoms with van der Waals surface area (Å²) in [5, 5.41) is 8.26. The molecule has 2 aliphatic heterocycles. The number of nitrogens with zero attached hydrogens (tertiary/aromatic N) is 4. The molecule has 0 bridgehead atoms. The second-order valence-electron chi connectivity index (χ2n) is 4.68. The van der Waals surface area contributed by atoms with Gasteiger partial charge in [0.25, 0.3) is 0 Å². The Morgan fingerprint density at radius 3 is 1.53 bits per heavy atom. The van der Waals surface area contributed by atoms with Crippen molar-refractivity contribution in [2.75, 3.05) is 0 Å². The van der Waals surface area contributed by atoms with Gasteiger partial charge in [-0.25, -0.2) is 0 Å². The molecule has 2 aliphatic rings. The monoisotopic (exact) mass is 246 g/mol. The van der Waals surface area contributed by atoms with Crippen LogP contribution < -0.4 is 0 Å². The van der Waals surface area contributed by atoms with Gasteiger partial charge in [-0.2, -0.15) is 10.2 Å². The number of rotatable bonds is 2. The van der Waals surface area contributed by atoms with E-state index in [-0.39, 0.29) is 21.9 Å². The summed E-state index contributed by atoms with van der Waals surface area (Å²) in [5.74, 6) is 0. The van der Waals surface area contributed by atoms with E-state index in [1.54, 1.807) is 0 Å². The lowest BCUT2D eigenvalue weighted by Gasteiger charge is -2.28. The fraction of sp³-hybridized carbons (Fsp3) is 1.00. The maximum absolute atomic E-state index is 5.95. The van der Waals surface area contributed by atoms with Crippen LogP contribution in [0.5, 0.6) is 0 Å². The van der Waals surface area contributed by atoms with Crippen LogP contribution in [0.1, 0.15) is 27.7 Å². The summed E-state index contributed by atoms with van der Waals surface area (Å²) in [6, 6.07) is 0. The van der Waals surface area contributed by atoms with Crippen LogP contribution in [0.4, 0.5) is 0 Å². The van der Waals surface area contributed by atoms with Crippen LogP contribution in [0.15, 0.2) is 19.3 Å². The van der Waals surface area contributed by atoms with Gasteiger partial charge in [0.05, 0.1) is 0 Å². The first-order valence-corrected chi connectivity index (χ1v) is 6.41. The van der Waals surface area contributed by atoms with E-state index < -0.39 is 0 Å². The molecule has 7 heteroatoms. The van der Waals surface area contributed by atoms with Crippen molar-refractivity contribution in [3.05, 3.63) is 0 Å². The van der Waals surface area contributed by atoms with Crippen molar-refractivity contribution in [2.45, 2.75) is 49.6 Å². The molecule has 0 radical (unpaired) electrons. The van der Waals surface area contributed by atoms with Crippen molar-refractivity contribution in [1.82, 2.24) is 0 Å². The zero-order valence-corrected chi connectivity index (χ0v) is 10.8. The Morgan fingerprint density at radius 2 is 1.27 bits per heavy atom. The van der Waals surface area contributed by atoms with Crippen molar-refractivity contribution >= 4 is 23.9 Å². The first kappa shape index (κ1) is 11.3. The number of ether oxygens (including phenoxy) is 1. The molecular formula is C8H14N4OS2. The molecule has 0 amide bonds. The second kappa shape index (κ2) is 3.71. The van der Waals surface area contributed by atoms with E-state index >= 15 is 0 Å². The maximum atomic E-state index is 5.95. The minimum Gasteiger partial charge on any atom is -0.345 e. The summed E-state index contributed by atoms with van der Waals surface area (Å²) in [6.07, 6.45) is 0. The van der Waals surface area contributed by atoms with Gasteiger partial charge in [0.1, 0.15) is 11.1 Å². The lowest BCUT2D eigenvalue weighted by Crippen LogP contribution is -2.39. The van der Waals surface area contributed by atoms with Gasteiger partial charge in [0.15, 0.2) is 10.9 Å². The summed E-state index contributed by atoms with van der Waals surface area (Å²) >= 11 is 2.75. The number of hydrogen-bond donors (Lipinski definition) is 0. The van der Waals surface area contributed by atoms with E-state index in [1.165, 1.54) is 23.9 Å². The molecule has 84 valence electrons. The fourth-order valence-corrected chi connectivity index (χ4v) is 2.88. The molecule has 5 nitrogen and oxygen atoms in total. The maximum Gasteiger partial charge on any atom is 0.154 e. The minimum atomic E-state index is -0.260. The topological polar surface area (TPSA) is 58.7 Å². The van der Waals surface area contributed by atoms with Gasteiger partial charge in [0, 0.05) is 23.9 Å². The van der Waals surface area contributed by atoms with E-state index in [1.807, 2.05) is 27.7 Å². The third kappa shape index (κ3) is 2.19. The Labute approximate surface area is 97.8 Å².